The van der Waals surface area contributed by atoms with Gasteiger partial charge in [0.15, 0.2) is 0 Å². The number of amides is 2. The molecule has 5 heteroatoms. The molecule has 2 aromatic rings. The van der Waals surface area contributed by atoms with Crippen LogP contribution in [0.2, 0.25) is 0 Å². The Morgan fingerprint density at radius 1 is 1.27 bits per heavy atom. The van der Waals surface area contributed by atoms with Crippen molar-refractivity contribution in [1.29, 1.82) is 0 Å². The summed E-state index contributed by atoms with van der Waals surface area (Å²) in [5.74, 6) is 1.63. The van der Waals surface area contributed by atoms with Gasteiger partial charge in [0, 0.05) is 12.1 Å². The fourth-order valence-electron chi connectivity index (χ4n) is 2.24. The first kappa shape index (κ1) is 15.9. The highest BCUT2D eigenvalue weighted by Crippen LogP contribution is 2.20. The van der Waals surface area contributed by atoms with Gasteiger partial charge in [0.2, 0.25) is 0 Å². The van der Waals surface area contributed by atoms with Crippen LogP contribution in [-0.4, -0.2) is 13.1 Å². The summed E-state index contributed by atoms with van der Waals surface area (Å²) in [7, 11) is 1.63. The summed E-state index contributed by atoms with van der Waals surface area (Å²) in [5, 5.41) is 5.83. The largest absolute Gasteiger partial charge is 0.497 e. The Hall–Kier alpha value is -2.43. The highest BCUT2D eigenvalue weighted by atomic mass is 16.5. The van der Waals surface area contributed by atoms with Gasteiger partial charge in [-0.2, -0.15) is 0 Å². The van der Waals surface area contributed by atoms with Crippen molar-refractivity contribution in [3.63, 3.8) is 0 Å². The van der Waals surface area contributed by atoms with Crippen LogP contribution in [0.1, 0.15) is 36.3 Å². The molecule has 1 unspecified atom stereocenters. The van der Waals surface area contributed by atoms with E-state index in [0.717, 1.165) is 29.1 Å². The average molecular weight is 302 g/mol. The van der Waals surface area contributed by atoms with Crippen LogP contribution in [0.4, 0.5) is 4.79 Å². The molecule has 5 nitrogen and oxygen atoms in total. The van der Waals surface area contributed by atoms with Crippen LogP contribution in [-0.2, 0) is 6.54 Å². The predicted molar refractivity (Wildman–Crippen MR) is 84.8 cm³/mol. The summed E-state index contributed by atoms with van der Waals surface area (Å²) in [6.45, 7) is 4.36. The second-order valence-electron chi connectivity index (χ2n) is 5.06. The Balaban J connectivity index is 1.91. The third-order valence-corrected chi connectivity index (χ3v) is 3.64. The lowest BCUT2D eigenvalue weighted by molar-refractivity contribution is 0.236. The normalized spacial score (nSPS) is 11.8. The molecule has 1 heterocycles. The lowest BCUT2D eigenvalue weighted by atomic mass is 10.0. The van der Waals surface area contributed by atoms with Crippen molar-refractivity contribution in [2.45, 2.75) is 32.9 Å². The van der Waals surface area contributed by atoms with Crippen molar-refractivity contribution in [3.05, 3.63) is 53.5 Å². The summed E-state index contributed by atoms with van der Waals surface area (Å²) in [6.07, 6.45) is 2.43. The molecule has 1 atom stereocenters. The van der Waals surface area contributed by atoms with Crippen LogP contribution in [0.25, 0.3) is 0 Å². The van der Waals surface area contributed by atoms with E-state index in [9.17, 15) is 4.79 Å². The minimum atomic E-state index is -0.191. The standard InChI is InChI=1S/C17H22N2O3/c1-4-16(13-5-7-15(21-3)8-6-13)19-17(20)18-11-14-9-10-22-12(14)2/h5-10,16H,4,11H2,1-3H3,(H2,18,19,20). The number of methoxy groups -OCH3 is 1. The molecule has 0 bridgehead atoms. The van der Waals surface area contributed by atoms with E-state index in [1.807, 2.05) is 44.2 Å². The molecule has 0 saturated carbocycles. The molecule has 118 valence electrons. The van der Waals surface area contributed by atoms with Crippen LogP contribution < -0.4 is 15.4 Å². The van der Waals surface area contributed by atoms with E-state index in [4.69, 9.17) is 9.15 Å². The minimum absolute atomic E-state index is 0.0312. The second kappa shape index (κ2) is 7.54. The fraction of sp³-hybridized carbons (Fsp3) is 0.353. The van der Waals surface area contributed by atoms with Crippen molar-refractivity contribution in [1.82, 2.24) is 10.6 Å². The number of furan rings is 1. The van der Waals surface area contributed by atoms with Gasteiger partial charge in [-0.25, -0.2) is 4.79 Å². The van der Waals surface area contributed by atoms with Crippen molar-refractivity contribution in [2.24, 2.45) is 0 Å². The lowest BCUT2D eigenvalue weighted by Gasteiger charge is -2.18. The van der Waals surface area contributed by atoms with E-state index in [1.54, 1.807) is 13.4 Å². The molecule has 1 aromatic carbocycles. The smallest absolute Gasteiger partial charge is 0.315 e. The SMILES string of the molecule is CCC(NC(=O)NCc1ccoc1C)c1ccc(OC)cc1. The number of ether oxygens (including phenoxy) is 1. The molecule has 1 aromatic heterocycles. The van der Waals surface area contributed by atoms with E-state index in [2.05, 4.69) is 10.6 Å². The molecule has 0 spiro atoms. The number of nitrogens with one attached hydrogen (secondary N) is 2. The minimum Gasteiger partial charge on any atom is -0.497 e. The highest BCUT2D eigenvalue weighted by molar-refractivity contribution is 5.74. The molecule has 0 aliphatic carbocycles. The van der Waals surface area contributed by atoms with E-state index in [-0.39, 0.29) is 12.1 Å². The zero-order chi connectivity index (χ0) is 15.9. The number of rotatable bonds is 6. The maximum Gasteiger partial charge on any atom is 0.315 e. The monoisotopic (exact) mass is 302 g/mol. The first-order valence-corrected chi connectivity index (χ1v) is 7.35. The summed E-state index contributed by atoms with van der Waals surface area (Å²) in [4.78, 5) is 12.0. The topological polar surface area (TPSA) is 63.5 Å². The molecular weight excluding hydrogens is 280 g/mol. The molecule has 2 N–H and O–H groups in total. The van der Waals surface area contributed by atoms with Gasteiger partial charge in [-0.3, -0.25) is 0 Å². The average Bonchev–Trinajstić information content (AvgIpc) is 2.96. The Kier molecular flexibility index (Phi) is 5.47. The molecule has 22 heavy (non-hydrogen) atoms. The maximum absolute atomic E-state index is 12.0. The third-order valence-electron chi connectivity index (χ3n) is 3.64. The second-order valence-corrected chi connectivity index (χ2v) is 5.06. The van der Waals surface area contributed by atoms with Gasteiger partial charge >= 0.3 is 6.03 Å². The van der Waals surface area contributed by atoms with Gasteiger partial charge in [-0.1, -0.05) is 19.1 Å². The Morgan fingerprint density at radius 3 is 2.55 bits per heavy atom. The lowest BCUT2D eigenvalue weighted by Crippen LogP contribution is -2.37. The summed E-state index contributed by atoms with van der Waals surface area (Å²) in [6, 6.07) is 9.36. The Labute approximate surface area is 130 Å². The zero-order valence-electron chi connectivity index (χ0n) is 13.2. The molecule has 0 saturated heterocycles. The van der Waals surface area contributed by atoms with Crippen molar-refractivity contribution < 1.29 is 13.9 Å². The Bertz CT molecular complexity index is 605. The third kappa shape index (κ3) is 4.04. The molecule has 2 amide bonds. The van der Waals surface area contributed by atoms with E-state index in [1.165, 1.54) is 0 Å². The maximum atomic E-state index is 12.0. The first-order chi connectivity index (χ1) is 10.6. The van der Waals surface area contributed by atoms with Crippen LogP contribution in [0.15, 0.2) is 41.0 Å². The molecule has 0 fully saturated rings. The predicted octanol–water partition coefficient (Wildman–Crippen LogP) is 3.55. The fourth-order valence-corrected chi connectivity index (χ4v) is 2.24. The quantitative estimate of drug-likeness (QED) is 0.857. The molecule has 0 aliphatic rings. The molecule has 0 radical (unpaired) electrons. The number of benzene rings is 1. The molecular formula is C17H22N2O3. The summed E-state index contributed by atoms with van der Waals surface area (Å²) < 4.78 is 10.4. The van der Waals surface area contributed by atoms with Crippen molar-refractivity contribution in [2.75, 3.05) is 7.11 Å². The molecule has 2 rings (SSSR count). The van der Waals surface area contributed by atoms with Crippen LogP contribution >= 0.6 is 0 Å². The van der Waals surface area contributed by atoms with Crippen molar-refractivity contribution in [3.8, 4) is 5.75 Å². The van der Waals surface area contributed by atoms with Crippen LogP contribution in [0.5, 0.6) is 5.75 Å². The van der Waals surface area contributed by atoms with Gasteiger partial charge in [0.1, 0.15) is 11.5 Å². The van der Waals surface area contributed by atoms with E-state index < -0.39 is 0 Å². The summed E-state index contributed by atoms with van der Waals surface area (Å²) >= 11 is 0. The van der Waals surface area contributed by atoms with Gasteiger partial charge in [-0.05, 0) is 37.1 Å². The van der Waals surface area contributed by atoms with Crippen LogP contribution in [0.3, 0.4) is 0 Å². The van der Waals surface area contributed by atoms with Gasteiger partial charge in [0.05, 0.1) is 19.4 Å². The molecule has 0 aliphatic heterocycles. The highest BCUT2D eigenvalue weighted by Gasteiger charge is 2.13. The number of urea groups is 1. The van der Waals surface area contributed by atoms with Gasteiger partial charge in [0.25, 0.3) is 0 Å². The number of hydrogen-bond acceptors (Lipinski definition) is 3. The van der Waals surface area contributed by atoms with E-state index in [0.29, 0.717) is 6.54 Å². The number of carbonyl (C=O) groups is 1. The van der Waals surface area contributed by atoms with Crippen LogP contribution in [0, 0.1) is 6.92 Å². The number of aryl methyl sites for hydroxylation is 1. The number of hydrogen-bond donors (Lipinski definition) is 2. The first-order valence-electron chi connectivity index (χ1n) is 7.35. The van der Waals surface area contributed by atoms with Crippen molar-refractivity contribution >= 4 is 6.03 Å². The van der Waals surface area contributed by atoms with Gasteiger partial charge < -0.3 is 19.8 Å². The Morgan fingerprint density at radius 2 is 2.00 bits per heavy atom. The number of carbonyl (C=O) groups excluding carboxylic acids is 1. The summed E-state index contributed by atoms with van der Waals surface area (Å²) in [5.41, 5.74) is 2.03. The van der Waals surface area contributed by atoms with E-state index >= 15 is 0 Å². The van der Waals surface area contributed by atoms with Gasteiger partial charge in [-0.15, -0.1) is 0 Å². The zero-order valence-corrected chi connectivity index (χ0v) is 13.2.